The summed E-state index contributed by atoms with van der Waals surface area (Å²) in [7, 11) is 0. The maximum atomic E-state index is 12.6. The van der Waals surface area contributed by atoms with E-state index in [1.165, 1.54) is 0 Å². The molecule has 23 heavy (non-hydrogen) atoms. The molecule has 1 amide bonds. The van der Waals surface area contributed by atoms with Crippen LogP contribution in [-0.4, -0.2) is 35.0 Å². The highest BCUT2D eigenvalue weighted by molar-refractivity contribution is 5.98. The van der Waals surface area contributed by atoms with E-state index in [1.54, 1.807) is 4.90 Å². The van der Waals surface area contributed by atoms with Crippen molar-refractivity contribution in [2.75, 3.05) is 6.54 Å². The lowest BCUT2D eigenvalue weighted by Crippen LogP contribution is -2.40. The average Bonchev–Trinajstić information content (AvgIpc) is 2.84. The van der Waals surface area contributed by atoms with E-state index >= 15 is 0 Å². The molecule has 0 spiro atoms. The number of aryl methyl sites for hydroxylation is 2. The lowest BCUT2D eigenvalue weighted by atomic mass is 9.97. The number of nitrogens with zero attached hydrogens (tertiary/aromatic N) is 1. The number of likely N-dealkylation sites (tertiary alicyclic amines) is 1. The Morgan fingerprint density at radius 2 is 1.96 bits per heavy atom. The van der Waals surface area contributed by atoms with Crippen LogP contribution in [-0.2, 0) is 4.74 Å². The molecule has 1 saturated heterocycles. The summed E-state index contributed by atoms with van der Waals surface area (Å²) in [4.78, 5) is 26.6. The third-order valence-electron chi connectivity index (χ3n) is 4.11. The Morgan fingerprint density at radius 3 is 2.57 bits per heavy atom. The number of hydrogen-bond acceptors (Lipinski definition) is 3. The molecule has 4 nitrogen and oxygen atoms in total. The van der Waals surface area contributed by atoms with Crippen molar-refractivity contribution in [3.63, 3.8) is 0 Å². The highest BCUT2D eigenvalue weighted by Crippen LogP contribution is 2.25. The number of ketones is 1. The molecule has 1 heterocycles. The molecule has 1 unspecified atom stereocenters. The molecule has 0 N–H and O–H groups in total. The van der Waals surface area contributed by atoms with Gasteiger partial charge in [0.15, 0.2) is 5.78 Å². The molecule has 0 radical (unpaired) electrons. The van der Waals surface area contributed by atoms with Crippen molar-refractivity contribution in [3.8, 4) is 0 Å². The Kier molecular flexibility index (Phi) is 5.12. The molecule has 2 rings (SSSR count). The van der Waals surface area contributed by atoms with Crippen molar-refractivity contribution in [2.24, 2.45) is 0 Å². The summed E-state index contributed by atoms with van der Waals surface area (Å²) in [6.45, 7) is 10.2. The number of carbonyl (C=O) groups excluding carboxylic acids is 2. The van der Waals surface area contributed by atoms with E-state index in [0.717, 1.165) is 29.5 Å². The molecular weight excluding hydrogens is 290 g/mol. The SMILES string of the molecule is Cc1ccc(C(=O)CC2CCCN2C(=O)OC(C)(C)C)c(C)c1. The summed E-state index contributed by atoms with van der Waals surface area (Å²) in [5.41, 5.74) is 2.39. The Bertz CT molecular complexity index is 601. The van der Waals surface area contributed by atoms with E-state index in [4.69, 9.17) is 4.74 Å². The van der Waals surface area contributed by atoms with Gasteiger partial charge < -0.3 is 9.64 Å². The van der Waals surface area contributed by atoms with Crippen LogP contribution in [0.2, 0.25) is 0 Å². The zero-order valence-electron chi connectivity index (χ0n) is 14.8. The van der Waals surface area contributed by atoms with Gasteiger partial charge in [0.2, 0.25) is 0 Å². The Morgan fingerprint density at radius 1 is 1.26 bits per heavy atom. The predicted molar refractivity (Wildman–Crippen MR) is 90.8 cm³/mol. The first-order valence-corrected chi connectivity index (χ1v) is 8.27. The number of carbonyl (C=O) groups is 2. The van der Waals surface area contributed by atoms with Crippen molar-refractivity contribution in [1.29, 1.82) is 0 Å². The standard InChI is InChI=1S/C19H27NO3/c1-13-8-9-16(14(2)11-13)17(21)12-15-7-6-10-20(15)18(22)23-19(3,4)5/h8-9,11,15H,6-7,10,12H2,1-5H3. The van der Waals surface area contributed by atoms with Gasteiger partial charge in [0, 0.05) is 24.6 Å². The van der Waals surface area contributed by atoms with E-state index in [9.17, 15) is 9.59 Å². The molecule has 1 atom stereocenters. The lowest BCUT2D eigenvalue weighted by molar-refractivity contribution is 0.0223. The molecule has 4 heteroatoms. The normalized spacial score (nSPS) is 18.1. The van der Waals surface area contributed by atoms with Crippen molar-refractivity contribution in [2.45, 2.75) is 65.5 Å². The summed E-state index contributed by atoms with van der Waals surface area (Å²) in [6, 6.07) is 5.81. The van der Waals surface area contributed by atoms with Gasteiger partial charge in [-0.05, 0) is 53.0 Å². The monoisotopic (exact) mass is 317 g/mol. The summed E-state index contributed by atoms with van der Waals surface area (Å²) >= 11 is 0. The molecule has 1 aliphatic heterocycles. The van der Waals surface area contributed by atoms with Crippen LogP contribution in [0.3, 0.4) is 0 Å². The van der Waals surface area contributed by atoms with Gasteiger partial charge in [-0.3, -0.25) is 4.79 Å². The molecule has 1 aliphatic rings. The fourth-order valence-corrected chi connectivity index (χ4v) is 3.06. The number of Topliss-reactive ketones (excluding diaryl/α,β-unsaturated/α-hetero) is 1. The van der Waals surface area contributed by atoms with Gasteiger partial charge in [0.05, 0.1) is 0 Å². The van der Waals surface area contributed by atoms with Gasteiger partial charge in [-0.1, -0.05) is 23.8 Å². The van der Waals surface area contributed by atoms with Crippen LogP contribution in [0, 0.1) is 13.8 Å². The second-order valence-corrected chi connectivity index (χ2v) is 7.42. The molecule has 126 valence electrons. The summed E-state index contributed by atoms with van der Waals surface area (Å²) in [5, 5.41) is 0. The van der Waals surface area contributed by atoms with Crippen LogP contribution < -0.4 is 0 Å². The van der Waals surface area contributed by atoms with Crippen LogP contribution in [0.1, 0.15) is 61.5 Å². The number of benzene rings is 1. The van der Waals surface area contributed by atoms with Crippen molar-refractivity contribution < 1.29 is 14.3 Å². The first kappa shape index (κ1) is 17.5. The quantitative estimate of drug-likeness (QED) is 0.782. The van der Waals surface area contributed by atoms with Crippen molar-refractivity contribution >= 4 is 11.9 Å². The maximum absolute atomic E-state index is 12.6. The van der Waals surface area contributed by atoms with Gasteiger partial charge in [-0.15, -0.1) is 0 Å². The molecular formula is C19H27NO3. The summed E-state index contributed by atoms with van der Waals surface area (Å²) < 4.78 is 5.45. The van der Waals surface area contributed by atoms with Crippen LogP contribution in [0.5, 0.6) is 0 Å². The van der Waals surface area contributed by atoms with Gasteiger partial charge in [0.1, 0.15) is 5.60 Å². The Hall–Kier alpha value is -1.84. The average molecular weight is 317 g/mol. The van der Waals surface area contributed by atoms with Gasteiger partial charge in [-0.2, -0.15) is 0 Å². The van der Waals surface area contributed by atoms with E-state index in [1.807, 2.05) is 52.8 Å². The highest BCUT2D eigenvalue weighted by Gasteiger charge is 2.33. The molecule has 1 aromatic carbocycles. The topological polar surface area (TPSA) is 46.6 Å². The number of rotatable bonds is 3. The summed E-state index contributed by atoms with van der Waals surface area (Å²) in [5.74, 6) is 0.1000. The zero-order valence-corrected chi connectivity index (χ0v) is 14.8. The fraction of sp³-hybridized carbons (Fsp3) is 0.579. The van der Waals surface area contributed by atoms with E-state index in [0.29, 0.717) is 13.0 Å². The van der Waals surface area contributed by atoms with E-state index < -0.39 is 5.60 Å². The molecule has 0 saturated carbocycles. The minimum atomic E-state index is -0.512. The van der Waals surface area contributed by atoms with Crippen LogP contribution >= 0.6 is 0 Å². The molecule has 1 aromatic rings. The van der Waals surface area contributed by atoms with E-state index in [-0.39, 0.29) is 17.9 Å². The minimum Gasteiger partial charge on any atom is -0.444 e. The zero-order chi connectivity index (χ0) is 17.2. The second-order valence-electron chi connectivity index (χ2n) is 7.42. The predicted octanol–water partition coefficient (Wildman–Crippen LogP) is 4.28. The largest absolute Gasteiger partial charge is 0.444 e. The smallest absolute Gasteiger partial charge is 0.410 e. The number of hydrogen-bond donors (Lipinski definition) is 0. The third-order valence-corrected chi connectivity index (χ3v) is 4.11. The van der Waals surface area contributed by atoms with Crippen molar-refractivity contribution in [1.82, 2.24) is 4.90 Å². The van der Waals surface area contributed by atoms with Crippen molar-refractivity contribution in [3.05, 3.63) is 34.9 Å². The number of amides is 1. The molecule has 0 aliphatic carbocycles. The fourth-order valence-electron chi connectivity index (χ4n) is 3.06. The van der Waals surface area contributed by atoms with Crippen LogP contribution in [0.15, 0.2) is 18.2 Å². The van der Waals surface area contributed by atoms with Gasteiger partial charge >= 0.3 is 6.09 Å². The summed E-state index contributed by atoms with van der Waals surface area (Å²) in [6.07, 6.45) is 1.83. The maximum Gasteiger partial charge on any atom is 0.410 e. The molecule has 1 fully saturated rings. The minimum absolute atomic E-state index is 0.0574. The third kappa shape index (κ3) is 4.57. The van der Waals surface area contributed by atoms with E-state index in [2.05, 4.69) is 0 Å². The number of ether oxygens (including phenoxy) is 1. The highest BCUT2D eigenvalue weighted by atomic mass is 16.6. The second kappa shape index (κ2) is 6.73. The van der Waals surface area contributed by atoms with Crippen LogP contribution in [0.25, 0.3) is 0 Å². The molecule has 0 bridgehead atoms. The Balaban J connectivity index is 2.06. The lowest BCUT2D eigenvalue weighted by Gasteiger charge is -2.28. The van der Waals surface area contributed by atoms with Crippen LogP contribution in [0.4, 0.5) is 4.79 Å². The van der Waals surface area contributed by atoms with Gasteiger partial charge in [0.25, 0.3) is 0 Å². The first-order valence-electron chi connectivity index (χ1n) is 8.27. The van der Waals surface area contributed by atoms with Gasteiger partial charge in [-0.25, -0.2) is 4.79 Å². The first-order chi connectivity index (χ1) is 10.7. The molecule has 0 aromatic heterocycles. The Labute approximate surface area is 138 Å².